The van der Waals surface area contributed by atoms with Gasteiger partial charge in [0.05, 0.1) is 10.3 Å². The van der Waals surface area contributed by atoms with Gasteiger partial charge in [0.1, 0.15) is 11.6 Å². The van der Waals surface area contributed by atoms with E-state index < -0.39 is 58.5 Å². The molecule has 0 saturated carbocycles. The van der Waals surface area contributed by atoms with Gasteiger partial charge < -0.3 is 19.5 Å². The Morgan fingerprint density at radius 2 is 1.55 bits per heavy atom. The van der Waals surface area contributed by atoms with Crippen LogP contribution in [-0.4, -0.2) is 51.4 Å². The van der Waals surface area contributed by atoms with Gasteiger partial charge in [-0.15, -0.1) is 0 Å². The van der Waals surface area contributed by atoms with Gasteiger partial charge in [-0.05, 0) is 53.7 Å². The van der Waals surface area contributed by atoms with E-state index in [-0.39, 0.29) is 4.90 Å². The highest BCUT2D eigenvalue weighted by atomic mass is 32.2. The molecule has 0 aliphatic heterocycles. The van der Waals surface area contributed by atoms with E-state index in [2.05, 4.69) is 10.0 Å². The number of carbonyl (C=O) groups excluding carboxylic acids is 3. The van der Waals surface area contributed by atoms with E-state index in [4.69, 9.17) is 14.2 Å². The minimum Gasteiger partial charge on any atom is -0.444 e. The molecular formula is C20H30N2O8S. The SMILES string of the molecule is CC(C)(C)OC(=O)NC[C@H](NS(=O)(=O)c1ccccc1)C(=O)OCOC(=O)C(C)(C)C. The molecule has 0 saturated heterocycles. The molecule has 0 bridgehead atoms. The first-order chi connectivity index (χ1) is 14.1. The Morgan fingerprint density at radius 1 is 0.968 bits per heavy atom. The summed E-state index contributed by atoms with van der Waals surface area (Å²) in [5, 5.41) is 2.32. The van der Waals surface area contributed by atoms with Gasteiger partial charge in [-0.1, -0.05) is 18.2 Å². The van der Waals surface area contributed by atoms with E-state index in [0.717, 1.165) is 0 Å². The smallest absolute Gasteiger partial charge is 0.407 e. The first-order valence-electron chi connectivity index (χ1n) is 9.50. The largest absolute Gasteiger partial charge is 0.444 e. The molecule has 10 nitrogen and oxygen atoms in total. The Morgan fingerprint density at radius 3 is 2.06 bits per heavy atom. The van der Waals surface area contributed by atoms with Crippen molar-refractivity contribution in [3.8, 4) is 0 Å². The van der Waals surface area contributed by atoms with Crippen molar-refractivity contribution in [3.63, 3.8) is 0 Å². The molecular weight excluding hydrogens is 428 g/mol. The van der Waals surface area contributed by atoms with Crippen LogP contribution in [0.1, 0.15) is 41.5 Å². The van der Waals surface area contributed by atoms with Crippen LogP contribution in [-0.2, 0) is 33.8 Å². The molecule has 1 atom stereocenters. The molecule has 1 rings (SSSR count). The maximum Gasteiger partial charge on any atom is 0.407 e. The summed E-state index contributed by atoms with van der Waals surface area (Å²) in [5.74, 6) is -1.65. The number of alkyl carbamates (subject to hydrolysis) is 1. The minimum absolute atomic E-state index is 0.0794. The third-order valence-corrected chi connectivity index (χ3v) is 4.98. The Kier molecular flexibility index (Phi) is 9.00. The fourth-order valence-corrected chi connectivity index (χ4v) is 3.19. The van der Waals surface area contributed by atoms with Crippen molar-refractivity contribution < 1.29 is 37.0 Å². The van der Waals surface area contributed by atoms with Crippen molar-refractivity contribution in [2.75, 3.05) is 13.3 Å². The number of rotatable bonds is 8. The molecule has 0 heterocycles. The summed E-state index contributed by atoms with van der Waals surface area (Å²) in [6, 6.07) is 5.87. The zero-order valence-corrected chi connectivity index (χ0v) is 19.4. The lowest BCUT2D eigenvalue weighted by Gasteiger charge is -2.22. The topological polar surface area (TPSA) is 137 Å². The van der Waals surface area contributed by atoms with Crippen LogP contribution in [0.5, 0.6) is 0 Å². The van der Waals surface area contributed by atoms with Crippen LogP contribution in [0.2, 0.25) is 0 Å². The van der Waals surface area contributed by atoms with Crippen LogP contribution >= 0.6 is 0 Å². The van der Waals surface area contributed by atoms with Crippen LogP contribution in [0.25, 0.3) is 0 Å². The molecule has 0 radical (unpaired) electrons. The Hall–Kier alpha value is -2.66. The van der Waals surface area contributed by atoms with Gasteiger partial charge in [0.25, 0.3) is 0 Å². The molecule has 174 valence electrons. The Balaban J connectivity index is 2.87. The summed E-state index contributed by atoms with van der Waals surface area (Å²) >= 11 is 0. The van der Waals surface area contributed by atoms with Gasteiger partial charge in [-0.3, -0.25) is 9.59 Å². The maximum absolute atomic E-state index is 12.6. The normalized spacial score (nSPS) is 13.1. The average Bonchev–Trinajstić information content (AvgIpc) is 2.63. The lowest BCUT2D eigenvalue weighted by molar-refractivity contribution is -0.173. The highest BCUT2D eigenvalue weighted by Gasteiger charge is 2.29. The van der Waals surface area contributed by atoms with E-state index in [0.29, 0.717) is 0 Å². The average molecular weight is 459 g/mol. The zero-order chi connectivity index (χ0) is 23.9. The molecule has 31 heavy (non-hydrogen) atoms. The second-order valence-electron chi connectivity index (χ2n) is 8.63. The molecule has 2 N–H and O–H groups in total. The fraction of sp³-hybridized carbons (Fsp3) is 0.550. The van der Waals surface area contributed by atoms with Crippen molar-refractivity contribution in [1.82, 2.24) is 10.0 Å². The summed E-state index contributed by atoms with van der Waals surface area (Å²) < 4.78 is 42.2. The summed E-state index contributed by atoms with van der Waals surface area (Å²) in [7, 11) is -4.10. The van der Waals surface area contributed by atoms with Gasteiger partial charge in [0.15, 0.2) is 0 Å². The van der Waals surface area contributed by atoms with Crippen LogP contribution < -0.4 is 10.0 Å². The molecule has 11 heteroatoms. The van der Waals surface area contributed by atoms with Gasteiger partial charge in [0.2, 0.25) is 16.8 Å². The third kappa shape index (κ3) is 9.79. The van der Waals surface area contributed by atoms with E-state index in [1.165, 1.54) is 24.3 Å². The summed E-state index contributed by atoms with van der Waals surface area (Å²) in [6.07, 6.45) is -0.844. The zero-order valence-electron chi connectivity index (χ0n) is 18.6. The van der Waals surface area contributed by atoms with Crippen molar-refractivity contribution in [1.29, 1.82) is 0 Å². The van der Waals surface area contributed by atoms with Gasteiger partial charge in [0, 0.05) is 6.54 Å². The molecule has 0 aromatic heterocycles. The van der Waals surface area contributed by atoms with Crippen molar-refractivity contribution >= 4 is 28.1 Å². The maximum atomic E-state index is 12.6. The van der Waals surface area contributed by atoms with Crippen LogP contribution in [0.4, 0.5) is 4.79 Å². The second-order valence-corrected chi connectivity index (χ2v) is 10.3. The number of carbonyl (C=O) groups is 3. The lowest BCUT2D eigenvalue weighted by Crippen LogP contribution is -2.50. The second kappa shape index (κ2) is 10.6. The third-order valence-electron chi connectivity index (χ3n) is 3.49. The highest BCUT2D eigenvalue weighted by Crippen LogP contribution is 2.15. The first kappa shape index (κ1) is 26.4. The first-order valence-corrected chi connectivity index (χ1v) is 11.0. The Labute approximate surface area is 182 Å². The molecule has 1 amide bonds. The minimum atomic E-state index is -4.10. The number of amides is 1. The standard InChI is InChI=1S/C20H30N2O8S/c1-19(2,3)17(24)29-13-28-16(23)15(12-21-18(25)30-20(4,5)6)22-31(26,27)14-10-8-7-9-11-14/h7-11,15,22H,12-13H2,1-6H3,(H,21,25)/t15-/m0/s1. The number of hydrogen-bond donors (Lipinski definition) is 2. The monoisotopic (exact) mass is 458 g/mol. The van der Waals surface area contributed by atoms with E-state index in [1.807, 2.05) is 0 Å². The van der Waals surface area contributed by atoms with Gasteiger partial charge in [-0.25, -0.2) is 13.2 Å². The predicted octanol–water partition coefficient (Wildman–Crippen LogP) is 1.95. The quantitative estimate of drug-likeness (QED) is 0.445. The highest BCUT2D eigenvalue weighted by molar-refractivity contribution is 7.89. The van der Waals surface area contributed by atoms with Crippen LogP contribution in [0, 0.1) is 5.41 Å². The lowest BCUT2D eigenvalue weighted by atomic mass is 9.98. The van der Waals surface area contributed by atoms with Crippen molar-refractivity contribution in [3.05, 3.63) is 30.3 Å². The van der Waals surface area contributed by atoms with Crippen LogP contribution in [0.3, 0.4) is 0 Å². The number of esters is 2. The predicted molar refractivity (Wildman–Crippen MR) is 111 cm³/mol. The van der Waals surface area contributed by atoms with Crippen LogP contribution in [0.15, 0.2) is 35.2 Å². The fourth-order valence-electron chi connectivity index (χ4n) is 1.99. The number of benzene rings is 1. The van der Waals surface area contributed by atoms with E-state index >= 15 is 0 Å². The summed E-state index contributed by atoms with van der Waals surface area (Å²) in [6.45, 7) is 8.67. The van der Waals surface area contributed by atoms with Gasteiger partial charge in [-0.2, -0.15) is 4.72 Å². The molecule has 0 aliphatic rings. The van der Waals surface area contributed by atoms with Gasteiger partial charge >= 0.3 is 18.0 Å². The molecule has 0 fully saturated rings. The summed E-state index contributed by atoms with van der Waals surface area (Å²) in [5.41, 5.74) is -1.59. The Bertz CT molecular complexity index is 871. The van der Waals surface area contributed by atoms with E-state index in [9.17, 15) is 22.8 Å². The number of sulfonamides is 1. The molecule has 0 spiro atoms. The number of ether oxygens (including phenoxy) is 3. The molecule has 1 aromatic rings. The van der Waals surface area contributed by atoms with E-state index in [1.54, 1.807) is 47.6 Å². The van der Waals surface area contributed by atoms with Crippen molar-refractivity contribution in [2.45, 2.75) is 58.1 Å². The summed E-state index contributed by atoms with van der Waals surface area (Å²) in [4.78, 5) is 36.1. The number of nitrogens with one attached hydrogen (secondary N) is 2. The van der Waals surface area contributed by atoms with Crippen molar-refractivity contribution in [2.24, 2.45) is 5.41 Å². The molecule has 0 aliphatic carbocycles. The molecule has 1 aromatic carbocycles. The number of hydrogen-bond acceptors (Lipinski definition) is 8. The molecule has 0 unspecified atom stereocenters.